The molecule has 0 N–H and O–H groups in total. The van der Waals surface area contributed by atoms with Gasteiger partial charge in [0.25, 0.3) is 0 Å². The Hall–Kier alpha value is -0.0400. The molecule has 0 aromatic heterocycles. The maximum Gasteiger partial charge on any atom is 0.0577 e. The molecule has 2 unspecified atom stereocenters. The highest BCUT2D eigenvalue weighted by molar-refractivity contribution is 4.67. The standard InChI is InChI=1S/C9H18O.C2H6/c1-3-4-9-7-8(2)5-6-10-9;1-2/h8-9H,3-7H2,1-2H3;1-2H3. The number of hydrogen-bond donors (Lipinski definition) is 0. The maximum atomic E-state index is 5.59. The molecule has 0 saturated carbocycles. The van der Waals surface area contributed by atoms with Gasteiger partial charge in [0.2, 0.25) is 0 Å². The van der Waals surface area contributed by atoms with Crippen molar-refractivity contribution in [1.82, 2.24) is 0 Å². The molecule has 1 aliphatic heterocycles. The average Bonchev–Trinajstić information content (AvgIpc) is 2.09. The van der Waals surface area contributed by atoms with Gasteiger partial charge in [-0.3, -0.25) is 0 Å². The molecule has 1 fully saturated rings. The summed E-state index contributed by atoms with van der Waals surface area (Å²) in [6.45, 7) is 9.54. The molecule has 1 nitrogen and oxygen atoms in total. The first-order chi connectivity index (χ1) is 5.83. The van der Waals surface area contributed by atoms with Crippen molar-refractivity contribution < 1.29 is 4.74 Å². The minimum Gasteiger partial charge on any atom is -0.378 e. The average molecular weight is 172 g/mol. The van der Waals surface area contributed by atoms with Crippen LogP contribution in [0.3, 0.4) is 0 Å². The van der Waals surface area contributed by atoms with Crippen LogP contribution in [0.25, 0.3) is 0 Å². The molecule has 0 bridgehead atoms. The molecule has 0 amide bonds. The van der Waals surface area contributed by atoms with Crippen LogP contribution in [0.5, 0.6) is 0 Å². The van der Waals surface area contributed by atoms with Crippen molar-refractivity contribution in [1.29, 1.82) is 0 Å². The normalized spacial score (nSPS) is 29.0. The van der Waals surface area contributed by atoms with Gasteiger partial charge in [-0.15, -0.1) is 0 Å². The summed E-state index contributed by atoms with van der Waals surface area (Å²) in [6.07, 6.45) is 5.64. The molecule has 0 radical (unpaired) electrons. The van der Waals surface area contributed by atoms with Crippen LogP contribution in [0, 0.1) is 5.92 Å². The van der Waals surface area contributed by atoms with Crippen LogP contribution in [0.1, 0.15) is 53.4 Å². The maximum absolute atomic E-state index is 5.59. The predicted molar refractivity (Wildman–Crippen MR) is 54.4 cm³/mol. The first-order valence-electron chi connectivity index (χ1n) is 5.44. The molecule has 74 valence electrons. The Morgan fingerprint density at radius 2 is 2.00 bits per heavy atom. The van der Waals surface area contributed by atoms with Crippen LogP contribution >= 0.6 is 0 Å². The van der Waals surface area contributed by atoms with Crippen molar-refractivity contribution in [2.45, 2.75) is 59.5 Å². The van der Waals surface area contributed by atoms with Gasteiger partial charge in [-0.1, -0.05) is 34.1 Å². The minimum atomic E-state index is 0.578. The van der Waals surface area contributed by atoms with E-state index in [1.807, 2.05) is 13.8 Å². The van der Waals surface area contributed by atoms with Gasteiger partial charge >= 0.3 is 0 Å². The van der Waals surface area contributed by atoms with E-state index in [2.05, 4.69) is 13.8 Å². The first kappa shape index (κ1) is 12.0. The van der Waals surface area contributed by atoms with Crippen molar-refractivity contribution in [3.8, 4) is 0 Å². The Morgan fingerprint density at radius 1 is 1.33 bits per heavy atom. The molecule has 0 spiro atoms. The number of ether oxygens (including phenoxy) is 1. The second-order valence-corrected chi connectivity index (χ2v) is 3.41. The molecule has 1 saturated heterocycles. The smallest absolute Gasteiger partial charge is 0.0577 e. The van der Waals surface area contributed by atoms with Crippen molar-refractivity contribution in [3.05, 3.63) is 0 Å². The fraction of sp³-hybridized carbons (Fsp3) is 1.00. The van der Waals surface area contributed by atoms with E-state index in [1.165, 1.54) is 25.7 Å². The first-order valence-corrected chi connectivity index (χ1v) is 5.44. The quantitative estimate of drug-likeness (QED) is 0.618. The van der Waals surface area contributed by atoms with Gasteiger partial charge in [-0.05, 0) is 25.2 Å². The molecule has 1 aliphatic rings. The SMILES string of the molecule is CC.CCCC1CC(C)CCO1. The third kappa shape index (κ3) is 4.76. The molecule has 1 rings (SSSR count). The van der Waals surface area contributed by atoms with Crippen molar-refractivity contribution in [2.24, 2.45) is 5.92 Å². The van der Waals surface area contributed by atoms with Crippen molar-refractivity contribution in [3.63, 3.8) is 0 Å². The lowest BCUT2D eigenvalue weighted by atomic mass is 9.95. The highest BCUT2D eigenvalue weighted by Crippen LogP contribution is 2.21. The molecule has 1 heteroatoms. The second-order valence-electron chi connectivity index (χ2n) is 3.41. The molecule has 1 heterocycles. The lowest BCUT2D eigenvalue weighted by molar-refractivity contribution is -0.00950. The highest BCUT2D eigenvalue weighted by Gasteiger charge is 2.17. The largest absolute Gasteiger partial charge is 0.378 e. The Morgan fingerprint density at radius 3 is 2.50 bits per heavy atom. The third-order valence-electron chi connectivity index (χ3n) is 2.24. The molecule has 0 aromatic carbocycles. The zero-order valence-corrected chi connectivity index (χ0v) is 9.10. The second kappa shape index (κ2) is 7.60. The van der Waals surface area contributed by atoms with Crippen LogP contribution < -0.4 is 0 Å². The zero-order valence-electron chi connectivity index (χ0n) is 9.10. The van der Waals surface area contributed by atoms with Gasteiger partial charge in [0.1, 0.15) is 0 Å². The molecular formula is C11H24O. The van der Waals surface area contributed by atoms with E-state index < -0.39 is 0 Å². The Balaban J connectivity index is 0.000000561. The van der Waals surface area contributed by atoms with Gasteiger partial charge in [-0.25, -0.2) is 0 Å². The van der Waals surface area contributed by atoms with Crippen LogP contribution in [-0.4, -0.2) is 12.7 Å². The summed E-state index contributed by atoms with van der Waals surface area (Å²) in [5.74, 6) is 0.894. The summed E-state index contributed by atoms with van der Waals surface area (Å²) >= 11 is 0. The fourth-order valence-corrected chi connectivity index (χ4v) is 1.59. The monoisotopic (exact) mass is 172 g/mol. The fourth-order valence-electron chi connectivity index (χ4n) is 1.59. The molecule has 12 heavy (non-hydrogen) atoms. The minimum absolute atomic E-state index is 0.578. The predicted octanol–water partition coefficient (Wildman–Crippen LogP) is 3.63. The molecule has 2 atom stereocenters. The third-order valence-corrected chi connectivity index (χ3v) is 2.24. The van der Waals surface area contributed by atoms with Gasteiger partial charge in [0.15, 0.2) is 0 Å². The summed E-state index contributed by atoms with van der Waals surface area (Å²) in [7, 11) is 0. The summed E-state index contributed by atoms with van der Waals surface area (Å²) in [4.78, 5) is 0. The summed E-state index contributed by atoms with van der Waals surface area (Å²) in [5.41, 5.74) is 0. The van der Waals surface area contributed by atoms with E-state index in [0.29, 0.717) is 6.10 Å². The lowest BCUT2D eigenvalue weighted by Gasteiger charge is -2.26. The summed E-state index contributed by atoms with van der Waals surface area (Å²) in [6, 6.07) is 0. The van der Waals surface area contributed by atoms with Crippen LogP contribution in [0.2, 0.25) is 0 Å². The van der Waals surface area contributed by atoms with Gasteiger partial charge < -0.3 is 4.74 Å². The molecule has 0 aromatic rings. The lowest BCUT2D eigenvalue weighted by Crippen LogP contribution is -2.23. The molecule has 0 aliphatic carbocycles. The van der Waals surface area contributed by atoms with Crippen molar-refractivity contribution >= 4 is 0 Å². The molecular weight excluding hydrogens is 148 g/mol. The Kier molecular flexibility index (Phi) is 7.58. The van der Waals surface area contributed by atoms with E-state index in [9.17, 15) is 0 Å². The summed E-state index contributed by atoms with van der Waals surface area (Å²) in [5, 5.41) is 0. The number of hydrogen-bond acceptors (Lipinski definition) is 1. The van der Waals surface area contributed by atoms with Crippen LogP contribution in [0.4, 0.5) is 0 Å². The number of rotatable bonds is 2. The van der Waals surface area contributed by atoms with Gasteiger partial charge in [-0.2, -0.15) is 0 Å². The topological polar surface area (TPSA) is 9.23 Å². The van der Waals surface area contributed by atoms with E-state index in [4.69, 9.17) is 4.74 Å². The van der Waals surface area contributed by atoms with E-state index >= 15 is 0 Å². The zero-order chi connectivity index (χ0) is 9.40. The van der Waals surface area contributed by atoms with E-state index in [0.717, 1.165) is 12.5 Å². The highest BCUT2D eigenvalue weighted by atomic mass is 16.5. The van der Waals surface area contributed by atoms with Crippen molar-refractivity contribution in [2.75, 3.05) is 6.61 Å². The van der Waals surface area contributed by atoms with Gasteiger partial charge in [0, 0.05) is 6.61 Å². The van der Waals surface area contributed by atoms with E-state index in [1.54, 1.807) is 0 Å². The van der Waals surface area contributed by atoms with Crippen LogP contribution in [0.15, 0.2) is 0 Å². The summed E-state index contributed by atoms with van der Waals surface area (Å²) < 4.78 is 5.59. The Labute approximate surface area is 77.5 Å². The van der Waals surface area contributed by atoms with Gasteiger partial charge in [0.05, 0.1) is 6.10 Å². The Bertz CT molecular complexity index is 89.0. The van der Waals surface area contributed by atoms with Crippen LogP contribution in [-0.2, 0) is 4.74 Å². The van der Waals surface area contributed by atoms with E-state index in [-0.39, 0.29) is 0 Å².